The fourth-order valence-electron chi connectivity index (χ4n) is 3.51. The molecule has 2 amide bonds. The number of benzene rings is 2. The minimum atomic E-state index is -3.75. The van der Waals surface area contributed by atoms with E-state index < -0.39 is 28.5 Å². The van der Waals surface area contributed by atoms with Crippen LogP contribution in [0.4, 0.5) is 5.69 Å². The molecule has 9 heteroatoms. The molecule has 0 aliphatic carbocycles. The Bertz CT molecular complexity index is 1080. The summed E-state index contributed by atoms with van der Waals surface area (Å²) in [7, 11) is -0.669. The predicted octanol–water partition coefficient (Wildman–Crippen LogP) is 2.63. The number of nitrogens with one attached hydrogen (secondary N) is 1. The molecule has 0 heterocycles. The first-order valence-corrected chi connectivity index (χ1v) is 12.6. The fraction of sp³-hybridized carbons (Fsp3) is 0.417. The molecular weight excluding hydrogens is 442 g/mol. The number of carbonyl (C=O) groups excluding carboxylic acids is 2. The molecule has 0 saturated heterocycles. The third kappa shape index (κ3) is 6.71. The first kappa shape index (κ1) is 26.2. The molecule has 2 rings (SSSR count). The quantitative estimate of drug-likeness (QED) is 0.570. The molecule has 1 unspecified atom stereocenters. The van der Waals surface area contributed by atoms with Gasteiger partial charge in [0.25, 0.3) is 0 Å². The van der Waals surface area contributed by atoms with Gasteiger partial charge >= 0.3 is 0 Å². The van der Waals surface area contributed by atoms with Crippen molar-refractivity contribution in [1.29, 1.82) is 0 Å². The molecule has 0 spiro atoms. The van der Waals surface area contributed by atoms with Crippen LogP contribution in [0.3, 0.4) is 0 Å². The molecule has 8 nitrogen and oxygen atoms in total. The molecule has 0 aliphatic heterocycles. The summed E-state index contributed by atoms with van der Waals surface area (Å²) in [6.07, 6.45) is 1.45. The summed E-state index contributed by atoms with van der Waals surface area (Å²) in [5.41, 5.74) is 3.14. The molecule has 33 heavy (non-hydrogen) atoms. The van der Waals surface area contributed by atoms with E-state index in [1.54, 1.807) is 31.4 Å². The van der Waals surface area contributed by atoms with Gasteiger partial charge in [0.15, 0.2) is 0 Å². The van der Waals surface area contributed by atoms with E-state index in [0.717, 1.165) is 27.3 Å². The zero-order chi connectivity index (χ0) is 24.8. The maximum atomic E-state index is 13.5. The minimum Gasteiger partial charge on any atom is -0.497 e. The molecule has 0 radical (unpaired) electrons. The van der Waals surface area contributed by atoms with Crippen LogP contribution in [0.5, 0.6) is 5.75 Å². The van der Waals surface area contributed by atoms with Crippen LogP contribution in [0.25, 0.3) is 0 Å². The zero-order valence-electron chi connectivity index (χ0n) is 20.1. The van der Waals surface area contributed by atoms with Crippen molar-refractivity contribution in [2.24, 2.45) is 0 Å². The van der Waals surface area contributed by atoms with Gasteiger partial charge in [0.05, 0.1) is 19.1 Å². The average Bonchev–Trinajstić information content (AvgIpc) is 2.78. The molecule has 0 aliphatic rings. The van der Waals surface area contributed by atoms with Crippen molar-refractivity contribution in [3.05, 3.63) is 59.2 Å². The number of amides is 2. The van der Waals surface area contributed by atoms with Crippen molar-refractivity contribution >= 4 is 27.5 Å². The third-order valence-electron chi connectivity index (χ3n) is 5.60. The molecule has 0 fully saturated rings. The lowest BCUT2D eigenvalue weighted by molar-refractivity contribution is -0.140. The minimum absolute atomic E-state index is 0.152. The number of hydrogen-bond donors (Lipinski definition) is 1. The smallest absolute Gasteiger partial charge is 0.244 e. The number of likely N-dealkylation sites (N-methyl/N-ethyl adjacent to an activating group) is 1. The van der Waals surface area contributed by atoms with Gasteiger partial charge in [-0.25, -0.2) is 8.42 Å². The summed E-state index contributed by atoms with van der Waals surface area (Å²) < 4.78 is 31.5. The highest BCUT2D eigenvalue weighted by molar-refractivity contribution is 7.92. The summed E-state index contributed by atoms with van der Waals surface area (Å²) in [6, 6.07) is 11.7. The second kappa shape index (κ2) is 11.2. The van der Waals surface area contributed by atoms with E-state index in [9.17, 15) is 18.0 Å². The largest absolute Gasteiger partial charge is 0.497 e. The van der Waals surface area contributed by atoms with Crippen molar-refractivity contribution in [3.63, 3.8) is 0 Å². The van der Waals surface area contributed by atoms with Crippen LogP contribution in [0.15, 0.2) is 42.5 Å². The molecule has 0 aromatic heterocycles. The van der Waals surface area contributed by atoms with E-state index >= 15 is 0 Å². The number of ether oxygens (including phenoxy) is 1. The van der Waals surface area contributed by atoms with Crippen LogP contribution in [-0.2, 0) is 26.2 Å². The van der Waals surface area contributed by atoms with Crippen molar-refractivity contribution < 1.29 is 22.7 Å². The monoisotopic (exact) mass is 475 g/mol. The van der Waals surface area contributed by atoms with Gasteiger partial charge in [-0.15, -0.1) is 0 Å². The van der Waals surface area contributed by atoms with Gasteiger partial charge in [0.2, 0.25) is 21.8 Å². The van der Waals surface area contributed by atoms with E-state index in [-0.39, 0.29) is 12.5 Å². The molecule has 0 saturated carbocycles. The van der Waals surface area contributed by atoms with Gasteiger partial charge in [-0.05, 0) is 61.2 Å². The number of methoxy groups -OCH3 is 1. The van der Waals surface area contributed by atoms with E-state index in [2.05, 4.69) is 5.32 Å². The fourth-order valence-corrected chi connectivity index (χ4v) is 4.35. The van der Waals surface area contributed by atoms with Gasteiger partial charge in [0, 0.05) is 13.6 Å². The average molecular weight is 476 g/mol. The summed E-state index contributed by atoms with van der Waals surface area (Å²) in [6.45, 7) is 5.37. The van der Waals surface area contributed by atoms with E-state index in [4.69, 9.17) is 4.74 Å². The zero-order valence-corrected chi connectivity index (χ0v) is 20.9. The second-order valence-electron chi connectivity index (χ2n) is 7.95. The van der Waals surface area contributed by atoms with Gasteiger partial charge in [-0.1, -0.05) is 25.1 Å². The highest BCUT2D eigenvalue weighted by Gasteiger charge is 2.31. The maximum Gasteiger partial charge on any atom is 0.244 e. The molecule has 180 valence electrons. The highest BCUT2D eigenvalue weighted by atomic mass is 32.2. The van der Waals surface area contributed by atoms with Crippen molar-refractivity contribution in [1.82, 2.24) is 10.2 Å². The van der Waals surface area contributed by atoms with Crippen LogP contribution in [-0.4, -0.2) is 58.1 Å². The summed E-state index contributed by atoms with van der Waals surface area (Å²) >= 11 is 0. The third-order valence-corrected chi connectivity index (χ3v) is 6.74. The Hall–Kier alpha value is -3.07. The number of aryl methyl sites for hydroxylation is 2. The van der Waals surface area contributed by atoms with Crippen molar-refractivity contribution in [3.8, 4) is 5.75 Å². The van der Waals surface area contributed by atoms with E-state index in [1.165, 1.54) is 11.9 Å². The SMILES string of the molecule is CCC(C(=O)NC)N(Cc1ccc(OC)cc1)C(=O)CN(c1ccc(C)c(C)c1)S(C)(=O)=O. The first-order chi connectivity index (χ1) is 15.5. The van der Waals surface area contributed by atoms with E-state index in [1.807, 2.05) is 39.0 Å². The molecule has 1 atom stereocenters. The number of anilines is 1. The lowest BCUT2D eigenvalue weighted by Crippen LogP contribution is -2.51. The first-order valence-electron chi connectivity index (χ1n) is 10.7. The number of rotatable bonds is 10. The maximum absolute atomic E-state index is 13.5. The van der Waals surface area contributed by atoms with Gasteiger partial charge in [0.1, 0.15) is 18.3 Å². The van der Waals surface area contributed by atoms with Crippen LogP contribution in [0.1, 0.15) is 30.0 Å². The Morgan fingerprint density at radius 3 is 2.18 bits per heavy atom. The second-order valence-corrected chi connectivity index (χ2v) is 9.85. The topological polar surface area (TPSA) is 96.0 Å². The van der Waals surface area contributed by atoms with E-state index in [0.29, 0.717) is 17.9 Å². The number of sulfonamides is 1. The van der Waals surface area contributed by atoms with Crippen molar-refractivity contribution in [2.75, 3.05) is 31.3 Å². The Balaban J connectivity index is 2.43. The highest BCUT2D eigenvalue weighted by Crippen LogP contribution is 2.23. The van der Waals surface area contributed by atoms with Crippen LogP contribution < -0.4 is 14.4 Å². The number of carbonyl (C=O) groups is 2. The Morgan fingerprint density at radius 1 is 1.06 bits per heavy atom. The Kier molecular flexibility index (Phi) is 8.87. The van der Waals surface area contributed by atoms with Crippen LogP contribution in [0.2, 0.25) is 0 Å². The Morgan fingerprint density at radius 2 is 1.70 bits per heavy atom. The molecule has 2 aromatic carbocycles. The summed E-state index contributed by atoms with van der Waals surface area (Å²) in [4.78, 5) is 27.5. The molecule has 2 aromatic rings. The molecule has 1 N–H and O–H groups in total. The number of hydrogen-bond acceptors (Lipinski definition) is 5. The van der Waals surface area contributed by atoms with Crippen LogP contribution in [0, 0.1) is 13.8 Å². The summed E-state index contributed by atoms with van der Waals surface area (Å²) in [5.74, 6) is -0.102. The summed E-state index contributed by atoms with van der Waals surface area (Å²) in [5, 5.41) is 2.60. The lowest BCUT2D eigenvalue weighted by atomic mass is 10.1. The normalized spacial score (nSPS) is 12.1. The van der Waals surface area contributed by atoms with Gasteiger partial charge in [-0.2, -0.15) is 0 Å². The number of nitrogens with zero attached hydrogens (tertiary/aromatic N) is 2. The van der Waals surface area contributed by atoms with Gasteiger partial charge in [-0.3, -0.25) is 13.9 Å². The van der Waals surface area contributed by atoms with Gasteiger partial charge < -0.3 is 15.0 Å². The molecular formula is C24H33N3O5S. The predicted molar refractivity (Wildman–Crippen MR) is 130 cm³/mol. The van der Waals surface area contributed by atoms with Crippen LogP contribution >= 0.6 is 0 Å². The van der Waals surface area contributed by atoms with Crippen molar-refractivity contribution in [2.45, 2.75) is 39.8 Å². The molecule has 0 bridgehead atoms. The lowest BCUT2D eigenvalue weighted by Gasteiger charge is -2.32. The standard InChI is InChI=1S/C24H33N3O5S/c1-7-22(24(29)25-4)26(15-19-9-12-21(32-5)13-10-19)23(28)16-27(33(6,30)31)20-11-8-17(2)18(3)14-20/h8-14,22H,7,15-16H2,1-6H3,(H,25,29). The Labute approximate surface area is 196 Å².